The lowest BCUT2D eigenvalue weighted by Crippen LogP contribution is -1.96. The van der Waals surface area contributed by atoms with Crippen LogP contribution in [0.4, 0.5) is 11.5 Å². The molecule has 4 rings (SSSR count). The van der Waals surface area contributed by atoms with Crippen molar-refractivity contribution in [2.45, 2.75) is 0 Å². The molecule has 0 spiro atoms. The molecule has 4 aromatic rings. The zero-order valence-electron chi connectivity index (χ0n) is 11.9. The topological polar surface area (TPSA) is 37.8 Å². The van der Waals surface area contributed by atoms with Crippen molar-refractivity contribution in [2.24, 2.45) is 0 Å². The summed E-state index contributed by atoms with van der Waals surface area (Å²) in [6, 6.07) is 18.1. The first-order valence-corrected chi connectivity index (χ1v) is 8.66. The maximum absolute atomic E-state index is 4.77. The Balaban J connectivity index is 1.87. The number of rotatable bonds is 2. The molecule has 0 saturated carbocycles. The van der Waals surface area contributed by atoms with Crippen LogP contribution in [0.3, 0.4) is 0 Å². The largest absolute Gasteiger partial charge is 0.338 e. The maximum Gasteiger partial charge on any atom is 0.131 e. The molecule has 0 aliphatic carbocycles. The fourth-order valence-electron chi connectivity index (χ4n) is 2.54. The van der Waals surface area contributed by atoms with Crippen molar-refractivity contribution < 1.29 is 0 Å². The van der Waals surface area contributed by atoms with Crippen LogP contribution in [0.15, 0.2) is 69.7 Å². The molecule has 2 aromatic carbocycles. The zero-order valence-corrected chi connectivity index (χ0v) is 15.1. The molecular weight excluding hydrogens is 418 g/mol. The minimum Gasteiger partial charge on any atom is -0.338 e. The predicted molar refractivity (Wildman–Crippen MR) is 102 cm³/mol. The van der Waals surface area contributed by atoms with Crippen molar-refractivity contribution in [3.05, 3.63) is 69.7 Å². The molecule has 0 aliphatic heterocycles. The van der Waals surface area contributed by atoms with Crippen LogP contribution >= 0.6 is 31.9 Å². The fraction of sp³-hybridized carbons (Fsp3) is 0. The summed E-state index contributed by atoms with van der Waals surface area (Å²) in [5, 5.41) is 5.53. The Morgan fingerprint density at radius 1 is 0.739 bits per heavy atom. The number of nitrogens with zero attached hydrogens (tertiary/aromatic N) is 2. The third kappa shape index (κ3) is 2.71. The SMILES string of the molecule is Brc1cccc(Br)c1Nc1ccc2ccc3cccnc3c2n1. The highest BCUT2D eigenvalue weighted by Gasteiger charge is 2.08. The minimum atomic E-state index is 0.781. The number of hydrogen-bond donors (Lipinski definition) is 1. The lowest BCUT2D eigenvalue weighted by Gasteiger charge is -2.11. The van der Waals surface area contributed by atoms with Crippen LogP contribution < -0.4 is 5.32 Å². The van der Waals surface area contributed by atoms with Gasteiger partial charge in [0.1, 0.15) is 5.82 Å². The van der Waals surface area contributed by atoms with E-state index in [9.17, 15) is 0 Å². The quantitative estimate of drug-likeness (QED) is 0.395. The average Bonchev–Trinajstić information content (AvgIpc) is 2.58. The monoisotopic (exact) mass is 427 g/mol. The molecule has 0 radical (unpaired) electrons. The van der Waals surface area contributed by atoms with Crippen LogP contribution in [-0.2, 0) is 0 Å². The summed E-state index contributed by atoms with van der Waals surface area (Å²) >= 11 is 7.12. The lowest BCUT2D eigenvalue weighted by molar-refractivity contribution is 1.35. The summed E-state index contributed by atoms with van der Waals surface area (Å²) in [4.78, 5) is 9.25. The molecule has 2 heterocycles. The van der Waals surface area contributed by atoms with Gasteiger partial charge in [0.2, 0.25) is 0 Å². The third-order valence-electron chi connectivity index (χ3n) is 3.65. The smallest absolute Gasteiger partial charge is 0.131 e. The second kappa shape index (κ2) is 5.91. The van der Waals surface area contributed by atoms with Crippen molar-refractivity contribution in [1.29, 1.82) is 0 Å². The van der Waals surface area contributed by atoms with E-state index in [2.05, 4.69) is 60.4 Å². The van der Waals surface area contributed by atoms with E-state index in [0.29, 0.717) is 0 Å². The van der Waals surface area contributed by atoms with E-state index in [4.69, 9.17) is 4.98 Å². The molecule has 0 saturated heterocycles. The van der Waals surface area contributed by atoms with E-state index in [1.165, 1.54) is 0 Å². The van der Waals surface area contributed by atoms with Crippen molar-refractivity contribution in [2.75, 3.05) is 5.32 Å². The molecule has 2 aromatic heterocycles. The van der Waals surface area contributed by atoms with E-state index in [1.54, 1.807) is 6.20 Å². The van der Waals surface area contributed by atoms with Gasteiger partial charge in [-0.25, -0.2) is 4.98 Å². The molecule has 0 unspecified atom stereocenters. The Labute approximate surface area is 150 Å². The van der Waals surface area contributed by atoms with Gasteiger partial charge in [-0.15, -0.1) is 0 Å². The van der Waals surface area contributed by atoms with Gasteiger partial charge >= 0.3 is 0 Å². The van der Waals surface area contributed by atoms with Crippen molar-refractivity contribution in [3.63, 3.8) is 0 Å². The fourth-order valence-corrected chi connectivity index (χ4v) is 3.74. The van der Waals surface area contributed by atoms with Crippen LogP contribution in [0.25, 0.3) is 21.8 Å². The number of benzene rings is 2. The number of pyridine rings is 2. The molecule has 0 aliphatic rings. The molecule has 0 amide bonds. The summed E-state index contributed by atoms with van der Waals surface area (Å²) in [5.41, 5.74) is 2.77. The van der Waals surface area contributed by atoms with E-state index in [-0.39, 0.29) is 0 Å². The van der Waals surface area contributed by atoms with Crippen molar-refractivity contribution in [3.8, 4) is 0 Å². The molecule has 3 nitrogen and oxygen atoms in total. The van der Waals surface area contributed by atoms with Gasteiger partial charge in [0.15, 0.2) is 0 Å². The zero-order chi connectivity index (χ0) is 15.8. The first-order valence-electron chi connectivity index (χ1n) is 7.08. The number of nitrogens with one attached hydrogen (secondary N) is 1. The third-order valence-corrected chi connectivity index (χ3v) is 4.97. The van der Waals surface area contributed by atoms with Gasteiger partial charge in [-0.3, -0.25) is 4.98 Å². The van der Waals surface area contributed by atoms with Gasteiger partial charge in [-0.1, -0.05) is 24.3 Å². The number of halogens is 2. The Morgan fingerprint density at radius 3 is 2.22 bits per heavy atom. The highest BCUT2D eigenvalue weighted by molar-refractivity contribution is 9.11. The van der Waals surface area contributed by atoms with E-state index >= 15 is 0 Å². The summed E-state index contributed by atoms with van der Waals surface area (Å²) in [6.07, 6.45) is 1.80. The van der Waals surface area contributed by atoms with Gasteiger partial charge < -0.3 is 5.32 Å². The highest BCUT2D eigenvalue weighted by atomic mass is 79.9. The minimum absolute atomic E-state index is 0.781. The van der Waals surface area contributed by atoms with E-state index in [0.717, 1.165) is 42.3 Å². The molecule has 5 heteroatoms. The number of aromatic nitrogens is 2. The number of anilines is 2. The van der Waals surface area contributed by atoms with Crippen LogP contribution in [0.1, 0.15) is 0 Å². The van der Waals surface area contributed by atoms with Gasteiger partial charge in [0.25, 0.3) is 0 Å². The van der Waals surface area contributed by atoms with Crippen LogP contribution in [-0.4, -0.2) is 9.97 Å². The Bertz CT molecular complexity index is 1010. The second-order valence-electron chi connectivity index (χ2n) is 5.13. The Kier molecular flexibility index (Phi) is 3.75. The first kappa shape index (κ1) is 14.6. The summed E-state index contributed by atoms with van der Waals surface area (Å²) in [7, 11) is 0. The van der Waals surface area contributed by atoms with Gasteiger partial charge in [-0.05, 0) is 62.2 Å². The molecule has 23 heavy (non-hydrogen) atoms. The van der Waals surface area contributed by atoms with Gasteiger partial charge in [0, 0.05) is 25.9 Å². The van der Waals surface area contributed by atoms with Gasteiger partial charge in [-0.2, -0.15) is 0 Å². The summed E-state index contributed by atoms with van der Waals surface area (Å²) < 4.78 is 1.95. The maximum atomic E-state index is 4.77. The first-order chi connectivity index (χ1) is 11.2. The van der Waals surface area contributed by atoms with Crippen molar-refractivity contribution in [1.82, 2.24) is 9.97 Å². The molecule has 0 atom stereocenters. The van der Waals surface area contributed by atoms with Gasteiger partial charge in [0.05, 0.1) is 16.7 Å². The number of para-hydroxylation sites is 1. The van der Waals surface area contributed by atoms with Crippen LogP contribution in [0.2, 0.25) is 0 Å². The molecule has 0 fully saturated rings. The van der Waals surface area contributed by atoms with Crippen LogP contribution in [0.5, 0.6) is 0 Å². The molecule has 112 valence electrons. The van der Waals surface area contributed by atoms with Crippen LogP contribution in [0, 0.1) is 0 Å². The molecular formula is C18H11Br2N3. The number of hydrogen-bond acceptors (Lipinski definition) is 3. The van der Waals surface area contributed by atoms with Crippen molar-refractivity contribution >= 4 is 65.2 Å². The standard InChI is InChI=1S/C18H11Br2N3/c19-13-4-1-5-14(20)18(13)23-15-9-8-12-7-6-11-3-2-10-21-16(11)17(12)22-15/h1-10H,(H,22,23). The normalized spacial score (nSPS) is 11.0. The summed E-state index contributed by atoms with van der Waals surface area (Å²) in [5.74, 6) is 0.781. The average molecular weight is 429 g/mol. The predicted octanol–water partition coefficient (Wildman–Crippen LogP) is 6.05. The molecule has 0 bridgehead atoms. The lowest BCUT2D eigenvalue weighted by atomic mass is 10.1. The summed E-state index contributed by atoms with van der Waals surface area (Å²) in [6.45, 7) is 0. The Hall–Kier alpha value is -1.98. The highest BCUT2D eigenvalue weighted by Crippen LogP contribution is 2.33. The second-order valence-corrected chi connectivity index (χ2v) is 6.84. The number of fused-ring (bicyclic) bond motifs is 3. The Morgan fingerprint density at radius 2 is 1.43 bits per heavy atom. The molecule has 1 N–H and O–H groups in total. The van der Waals surface area contributed by atoms with E-state index in [1.807, 2.05) is 36.4 Å². The van der Waals surface area contributed by atoms with E-state index < -0.39 is 0 Å².